The average Bonchev–Trinajstić information content (AvgIpc) is 2.90. The summed E-state index contributed by atoms with van der Waals surface area (Å²) in [6, 6.07) is 5.11. The van der Waals surface area contributed by atoms with E-state index in [1.165, 1.54) is 24.1 Å². The molecule has 0 aliphatic carbocycles. The van der Waals surface area contributed by atoms with Crippen molar-refractivity contribution >= 4 is 27.5 Å². The molecule has 2 amide bonds. The van der Waals surface area contributed by atoms with Crippen molar-refractivity contribution in [3.05, 3.63) is 23.8 Å². The number of piperidine rings is 1. The second-order valence-electron chi connectivity index (χ2n) is 9.15. The first-order valence-electron chi connectivity index (χ1n) is 11.5. The van der Waals surface area contributed by atoms with Crippen LogP contribution in [0, 0.1) is 5.92 Å². The minimum Gasteiger partial charge on any atom is -0.342 e. The molecule has 1 atom stereocenters. The van der Waals surface area contributed by atoms with Gasteiger partial charge in [0.05, 0.1) is 4.90 Å². The molecule has 1 aromatic rings. The topological polar surface area (TPSA) is 78.0 Å². The van der Waals surface area contributed by atoms with Crippen LogP contribution in [0.2, 0.25) is 0 Å². The molecule has 1 aromatic carbocycles. The fourth-order valence-electron chi connectivity index (χ4n) is 5.29. The van der Waals surface area contributed by atoms with E-state index in [4.69, 9.17) is 0 Å². The second-order valence-corrected chi connectivity index (χ2v) is 11.1. The number of amides is 2. The predicted molar refractivity (Wildman–Crippen MR) is 119 cm³/mol. The van der Waals surface area contributed by atoms with Crippen LogP contribution in [-0.4, -0.2) is 61.7 Å². The Bertz CT molecular complexity index is 946. The Kier molecular flexibility index (Phi) is 6.40. The second kappa shape index (κ2) is 8.90. The third-order valence-corrected chi connectivity index (χ3v) is 8.86. The molecule has 0 unspecified atom stereocenters. The number of rotatable bonds is 3. The molecule has 0 spiro atoms. The number of sulfonamides is 1. The number of anilines is 1. The number of nitrogens with zero attached hydrogens (tertiary/aromatic N) is 3. The number of carbonyl (C=O) groups is 2. The molecule has 2 fully saturated rings. The van der Waals surface area contributed by atoms with Gasteiger partial charge in [-0.05, 0) is 62.8 Å². The molecule has 0 bridgehead atoms. The van der Waals surface area contributed by atoms with Gasteiger partial charge in [-0.1, -0.05) is 12.8 Å². The monoisotopic (exact) mass is 447 g/mol. The number of carbonyl (C=O) groups excluding carboxylic acids is 2. The number of likely N-dealkylation sites (tertiary alicyclic amines) is 1. The summed E-state index contributed by atoms with van der Waals surface area (Å²) >= 11 is 0. The van der Waals surface area contributed by atoms with E-state index in [1.54, 1.807) is 23.1 Å². The first-order chi connectivity index (χ1) is 14.8. The first kappa shape index (κ1) is 22.3. The molecule has 3 aliphatic rings. The van der Waals surface area contributed by atoms with Gasteiger partial charge in [-0.25, -0.2) is 8.42 Å². The first-order valence-corrected chi connectivity index (χ1v) is 12.9. The van der Waals surface area contributed by atoms with Crippen molar-refractivity contribution in [2.75, 3.05) is 31.1 Å². The van der Waals surface area contributed by atoms with Gasteiger partial charge >= 0.3 is 0 Å². The molecule has 3 heterocycles. The van der Waals surface area contributed by atoms with Crippen molar-refractivity contribution < 1.29 is 18.0 Å². The van der Waals surface area contributed by atoms with Crippen LogP contribution in [0.4, 0.5) is 5.69 Å². The predicted octanol–water partition coefficient (Wildman–Crippen LogP) is 2.79. The zero-order valence-electron chi connectivity index (χ0n) is 18.5. The summed E-state index contributed by atoms with van der Waals surface area (Å²) in [6.07, 6.45) is 6.32. The highest BCUT2D eigenvalue weighted by Crippen LogP contribution is 2.35. The van der Waals surface area contributed by atoms with E-state index in [2.05, 4.69) is 0 Å². The molecule has 0 N–H and O–H groups in total. The molecule has 3 aliphatic heterocycles. The minimum atomic E-state index is -3.61. The molecule has 7 nitrogen and oxygen atoms in total. The molecule has 8 heteroatoms. The largest absolute Gasteiger partial charge is 0.342 e. The molecule has 2 saturated heterocycles. The molecule has 0 aromatic heterocycles. The highest BCUT2D eigenvalue weighted by Gasteiger charge is 2.35. The maximum atomic E-state index is 13.3. The smallest absolute Gasteiger partial charge is 0.243 e. The van der Waals surface area contributed by atoms with E-state index >= 15 is 0 Å². The number of hydrogen-bond donors (Lipinski definition) is 0. The van der Waals surface area contributed by atoms with Crippen molar-refractivity contribution in [3.63, 3.8) is 0 Å². The van der Waals surface area contributed by atoms with Crippen LogP contribution in [0.5, 0.6) is 0 Å². The molecular formula is C23H33N3O4S. The van der Waals surface area contributed by atoms with E-state index in [-0.39, 0.29) is 28.7 Å². The number of fused-ring (bicyclic) bond motifs is 1. The van der Waals surface area contributed by atoms with E-state index in [0.29, 0.717) is 32.4 Å². The van der Waals surface area contributed by atoms with Crippen LogP contribution in [0.25, 0.3) is 0 Å². The van der Waals surface area contributed by atoms with Crippen molar-refractivity contribution in [2.45, 2.75) is 69.7 Å². The van der Waals surface area contributed by atoms with E-state index < -0.39 is 10.0 Å². The fourth-order valence-corrected chi connectivity index (χ4v) is 6.81. The van der Waals surface area contributed by atoms with Crippen LogP contribution in [0.15, 0.2) is 23.1 Å². The summed E-state index contributed by atoms with van der Waals surface area (Å²) in [5.74, 6) is 0.0994. The summed E-state index contributed by atoms with van der Waals surface area (Å²) in [5.41, 5.74) is 1.70. The van der Waals surface area contributed by atoms with Crippen LogP contribution in [0.3, 0.4) is 0 Å². The molecule has 0 saturated carbocycles. The lowest BCUT2D eigenvalue weighted by Gasteiger charge is -2.33. The van der Waals surface area contributed by atoms with Gasteiger partial charge in [0.25, 0.3) is 0 Å². The Labute approximate surface area is 185 Å². The fraction of sp³-hybridized carbons (Fsp3) is 0.652. The summed E-state index contributed by atoms with van der Waals surface area (Å²) < 4.78 is 28.0. The lowest BCUT2D eigenvalue weighted by Crippen LogP contribution is -2.44. The Morgan fingerprint density at radius 2 is 1.61 bits per heavy atom. The number of benzene rings is 1. The van der Waals surface area contributed by atoms with Gasteiger partial charge in [-0.15, -0.1) is 0 Å². The lowest BCUT2D eigenvalue weighted by molar-refractivity contribution is -0.136. The highest BCUT2D eigenvalue weighted by atomic mass is 32.2. The lowest BCUT2D eigenvalue weighted by atomic mass is 9.96. The zero-order chi connectivity index (χ0) is 22.2. The van der Waals surface area contributed by atoms with Gasteiger partial charge in [-0.2, -0.15) is 4.31 Å². The van der Waals surface area contributed by atoms with E-state index in [9.17, 15) is 18.0 Å². The Balaban J connectivity index is 1.43. The minimum absolute atomic E-state index is 0.0296. The molecule has 0 radical (unpaired) electrons. The molecule has 31 heavy (non-hydrogen) atoms. The average molecular weight is 448 g/mol. The van der Waals surface area contributed by atoms with Crippen molar-refractivity contribution in [1.82, 2.24) is 9.21 Å². The van der Waals surface area contributed by atoms with Crippen LogP contribution in [-0.2, 0) is 26.0 Å². The van der Waals surface area contributed by atoms with Gasteiger partial charge in [-0.3, -0.25) is 9.59 Å². The van der Waals surface area contributed by atoms with Crippen LogP contribution >= 0.6 is 0 Å². The quantitative estimate of drug-likeness (QED) is 0.714. The van der Waals surface area contributed by atoms with Gasteiger partial charge in [0.15, 0.2) is 0 Å². The molecule has 170 valence electrons. The summed E-state index contributed by atoms with van der Waals surface area (Å²) in [4.78, 5) is 28.8. The number of hydrogen-bond acceptors (Lipinski definition) is 4. The Hall–Kier alpha value is -1.93. The Morgan fingerprint density at radius 3 is 2.23 bits per heavy atom. The third kappa shape index (κ3) is 4.37. The zero-order valence-corrected chi connectivity index (χ0v) is 19.4. The normalized spacial score (nSPS) is 23.5. The van der Waals surface area contributed by atoms with Gasteiger partial charge < -0.3 is 9.80 Å². The highest BCUT2D eigenvalue weighted by molar-refractivity contribution is 7.89. The summed E-state index contributed by atoms with van der Waals surface area (Å²) in [5, 5.41) is 0. The SMILES string of the molecule is CC(=O)N1c2ccc(S(=O)(=O)N3CCC(C(=O)N4CCCCCC4)CC3)cc2C[C@H]1C. The summed E-state index contributed by atoms with van der Waals surface area (Å²) in [6.45, 7) is 5.93. The van der Waals surface area contributed by atoms with Gasteiger partial charge in [0.2, 0.25) is 21.8 Å². The maximum absolute atomic E-state index is 13.3. The van der Waals surface area contributed by atoms with Crippen molar-refractivity contribution in [3.8, 4) is 0 Å². The summed E-state index contributed by atoms with van der Waals surface area (Å²) in [7, 11) is -3.61. The van der Waals surface area contributed by atoms with E-state index in [1.807, 2.05) is 11.8 Å². The van der Waals surface area contributed by atoms with Crippen molar-refractivity contribution in [1.29, 1.82) is 0 Å². The van der Waals surface area contributed by atoms with Gasteiger partial charge in [0, 0.05) is 50.7 Å². The Morgan fingerprint density at radius 1 is 0.968 bits per heavy atom. The molecular weight excluding hydrogens is 414 g/mol. The van der Waals surface area contributed by atoms with Crippen LogP contribution in [0.1, 0.15) is 57.9 Å². The molecule has 4 rings (SSSR count). The van der Waals surface area contributed by atoms with E-state index in [0.717, 1.165) is 37.2 Å². The van der Waals surface area contributed by atoms with Crippen molar-refractivity contribution in [2.24, 2.45) is 5.92 Å². The third-order valence-electron chi connectivity index (χ3n) is 6.96. The maximum Gasteiger partial charge on any atom is 0.243 e. The van der Waals surface area contributed by atoms with Crippen LogP contribution < -0.4 is 4.90 Å². The standard InChI is InChI=1S/C23H33N3O4S/c1-17-15-20-16-21(7-8-22(20)26(17)18(2)27)31(29,30)25-13-9-19(10-14-25)23(28)24-11-5-3-4-6-12-24/h7-8,16-17,19H,3-6,9-15H2,1-2H3/t17-/m1/s1. The van der Waals surface area contributed by atoms with Gasteiger partial charge in [0.1, 0.15) is 0 Å².